The Bertz CT molecular complexity index is 548. The summed E-state index contributed by atoms with van der Waals surface area (Å²) in [5.41, 5.74) is 2.47. The lowest BCUT2D eigenvalue weighted by molar-refractivity contribution is -0.384. The van der Waals surface area contributed by atoms with E-state index < -0.39 is 4.92 Å². The van der Waals surface area contributed by atoms with Gasteiger partial charge in [0, 0.05) is 18.3 Å². The van der Waals surface area contributed by atoms with Crippen LogP contribution in [0.2, 0.25) is 5.28 Å². The van der Waals surface area contributed by atoms with Crippen LogP contribution in [0.3, 0.4) is 0 Å². The lowest BCUT2D eigenvalue weighted by Gasteiger charge is -2.04. The molecule has 2 aromatic heterocycles. The number of halogens is 1. The number of nitrogens with one attached hydrogen (secondary N) is 1. The monoisotopic (exact) mass is 285 g/mol. The van der Waals surface area contributed by atoms with Crippen molar-refractivity contribution in [3.8, 4) is 0 Å². The van der Waals surface area contributed by atoms with Gasteiger partial charge in [0.1, 0.15) is 6.20 Å². The van der Waals surface area contributed by atoms with Crippen molar-refractivity contribution in [2.75, 3.05) is 11.9 Å². The Hall–Kier alpha value is -1.80. The molecule has 0 aliphatic heterocycles. The van der Waals surface area contributed by atoms with Gasteiger partial charge in [-0.15, -0.1) is 11.3 Å². The zero-order valence-electron chi connectivity index (χ0n) is 9.04. The summed E-state index contributed by atoms with van der Waals surface area (Å²) in [5.74, 6) is 0.121. The Balaban J connectivity index is 2.03. The summed E-state index contributed by atoms with van der Waals surface area (Å²) in [6.45, 7) is 0.484. The van der Waals surface area contributed by atoms with Gasteiger partial charge in [-0.2, -0.15) is 4.98 Å². The summed E-state index contributed by atoms with van der Waals surface area (Å²) in [4.78, 5) is 21.7. The van der Waals surface area contributed by atoms with Crippen molar-refractivity contribution in [1.29, 1.82) is 0 Å². The SMILES string of the molecule is O=[N+]([O-])c1cnc(Cl)nc1NCCc1cscn1. The molecule has 0 fully saturated rings. The molecule has 2 heterocycles. The first-order valence-corrected chi connectivity index (χ1v) is 6.27. The molecule has 0 saturated heterocycles. The van der Waals surface area contributed by atoms with Gasteiger partial charge in [0.15, 0.2) is 0 Å². The van der Waals surface area contributed by atoms with Crippen LogP contribution in [-0.2, 0) is 6.42 Å². The predicted molar refractivity (Wildman–Crippen MR) is 68.0 cm³/mol. The van der Waals surface area contributed by atoms with Crippen molar-refractivity contribution < 1.29 is 4.92 Å². The summed E-state index contributed by atoms with van der Waals surface area (Å²) < 4.78 is 0. The van der Waals surface area contributed by atoms with Crippen molar-refractivity contribution >= 4 is 34.4 Å². The molecule has 2 rings (SSSR count). The van der Waals surface area contributed by atoms with E-state index in [9.17, 15) is 10.1 Å². The fourth-order valence-electron chi connectivity index (χ4n) is 1.29. The third-order valence-electron chi connectivity index (χ3n) is 2.09. The van der Waals surface area contributed by atoms with E-state index in [1.54, 1.807) is 5.51 Å². The highest BCUT2D eigenvalue weighted by Crippen LogP contribution is 2.21. The van der Waals surface area contributed by atoms with E-state index in [0.717, 1.165) is 11.9 Å². The first-order chi connectivity index (χ1) is 8.66. The third kappa shape index (κ3) is 3.11. The first kappa shape index (κ1) is 12.7. The molecule has 1 N–H and O–H groups in total. The van der Waals surface area contributed by atoms with Gasteiger partial charge in [0.2, 0.25) is 11.1 Å². The van der Waals surface area contributed by atoms with Crippen LogP contribution >= 0.6 is 22.9 Å². The van der Waals surface area contributed by atoms with E-state index in [0.29, 0.717) is 13.0 Å². The number of rotatable bonds is 5. The Morgan fingerprint density at radius 2 is 2.33 bits per heavy atom. The van der Waals surface area contributed by atoms with Gasteiger partial charge in [-0.25, -0.2) is 9.97 Å². The molecule has 0 amide bonds. The molecule has 0 atom stereocenters. The summed E-state index contributed by atoms with van der Waals surface area (Å²) in [6.07, 6.45) is 1.74. The summed E-state index contributed by atoms with van der Waals surface area (Å²) in [7, 11) is 0. The average molecular weight is 286 g/mol. The molecule has 0 aromatic carbocycles. The Morgan fingerprint density at radius 3 is 3.00 bits per heavy atom. The van der Waals surface area contributed by atoms with Crippen molar-refractivity contribution in [3.05, 3.63) is 38.2 Å². The summed E-state index contributed by atoms with van der Waals surface area (Å²) in [5, 5.41) is 15.5. The molecular weight excluding hydrogens is 278 g/mol. The minimum Gasteiger partial charge on any atom is -0.364 e. The van der Waals surface area contributed by atoms with E-state index in [2.05, 4.69) is 20.3 Å². The maximum atomic E-state index is 10.8. The molecular formula is C9H8ClN5O2S. The topological polar surface area (TPSA) is 93.8 Å². The highest BCUT2D eigenvalue weighted by atomic mass is 35.5. The largest absolute Gasteiger partial charge is 0.364 e. The maximum Gasteiger partial charge on any atom is 0.329 e. The van der Waals surface area contributed by atoms with E-state index in [1.165, 1.54) is 11.3 Å². The smallest absolute Gasteiger partial charge is 0.329 e. The normalized spacial score (nSPS) is 10.3. The minimum atomic E-state index is -0.554. The summed E-state index contributed by atoms with van der Waals surface area (Å²) >= 11 is 7.11. The predicted octanol–water partition coefficient (Wildman–Crippen LogP) is 2.15. The van der Waals surface area contributed by atoms with Gasteiger partial charge in [-0.3, -0.25) is 10.1 Å². The van der Waals surface area contributed by atoms with E-state index in [4.69, 9.17) is 11.6 Å². The molecule has 9 heteroatoms. The van der Waals surface area contributed by atoms with Gasteiger partial charge < -0.3 is 5.32 Å². The van der Waals surface area contributed by atoms with E-state index >= 15 is 0 Å². The van der Waals surface area contributed by atoms with Crippen molar-refractivity contribution in [2.24, 2.45) is 0 Å². The number of nitrogens with zero attached hydrogens (tertiary/aromatic N) is 4. The van der Waals surface area contributed by atoms with Gasteiger partial charge in [0.25, 0.3) is 0 Å². The van der Waals surface area contributed by atoms with Crippen molar-refractivity contribution in [3.63, 3.8) is 0 Å². The van der Waals surface area contributed by atoms with E-state index in [-0.39, 0.29) is 16.8 Å². The zero-order valence-corrected chi connectivity index (χ0v) is 10.6. The molecule has 0 aliphatic carbocycles. The second-order valence-electron chi connectivity index (χ2n) is 3.29. The van der Waals surface area contributed by atoms with Crippen LogP contribution in [0.15, 0.2) is 17.1 Å². The first-order valence-electron chi connectivity index (χ1n) is 4.94. The van der Waals surface area contributed by atoms with Crippen LogP contribution in [0.1, 0.15) is 5.69 Å². The average Bonchev–Trinajstić information content (AvgIpc) is 2.82. The fourth-order valence-corrected chi connectivity index (χ4v) is 2.01. The molecule has 0 radical (unpaired) electrons. The molecule has 0 aliphatic rings. The molecule has 0 bridgehead atoms. The second kappa shape index (κ2) is 5.69. The van der Waals surface area contributed by atoms with Crippen molar-refractivity contribution in [2.45, 2.75) is 6.42 Å². The highest BCUT2D eigenvalue weighted by molar-refractivity contribution is 7.07. The number of nitro groups is 1. The van der Waals surface area contributed by atoms with Crippen LogP contribution in [0.5, 0.6) is 0 Å². The molecule has 94 valence electrons. The minimum absolute atomic E-state index is 0.0308. The Kier molecular flexibility index (Phi) is 4.00. The Labute approximate surface area is 111 Å². The standard InChI is InChI=1S/C9H8ClN5O2S/c10-9-12-3-7(15(16)17)8(14-9)11-2-1-6-4-18-5-13-6/h3-5H,1-2H2,(H,11,12,14). The van der Waals surface area contributed by atoms with E-state index in [1.807, 2.05) is 5.38 Å². The fraction of sp³-hybridized carbons (Fsp3) is 0.222. The van der Waals surface area contributed by atoms with Crippen LogP contribution in [0, 0.1) is 10.1 Å². The molecule has 18 heavy (non-hydrogen) atoms. The highest BCUT2D eigenvalue weighted by Gasteiger charge is 2.16. The second-order valence-corrected chi connectivity index (χ2v) is 4.34. The van der Waals surface area contributed by atoms with Crippen LogP contribution in [0.4, 0.5) is 11.5 Å². The van der Waals surface area contributed by atoms with Crippen molar-refractivity contribution in [1.82, 2.24) is 15.0 Å². The van der Waals surface area contributed by atoms with Gasteiger partial charge in [0.05, 0.1) is 16.1 Å². The molecule has 0 saturated carbocycles. The molecule has 0 unspecified atom stereocenters. The zero-order chi connectivity index (χ0) is 13.0. The lowest BCUT2D eigenvalue weighted by Crippen LogP contribution is -2.09. The van der Waals surface area contributed by atoms with Crippen LogP contribution < -0.4 is 5.32 Å². The van der Waals surface area contributed by atoms with Crippen LogP contribution in [-0.4, -0.2) is 26.4 Å². The molecule has 2 aromatic rings. The molecule has 7 nitrogen and oxygen atoms in total. The van der Waals surface area contributed by atoms with Gasteiger partial charge in [-0.1, -0.05) is 0 Å². The summed E-state index contributed by atoms with van der Waals surface area (Å²) in [6, 6.07) is 0. The quantitative estimate of drug-likeness (QED) is 0.514. The number of hydrogen-bond acceptors (Lipinski definition) is 7. The number of hydrogen-bond donors (Lipinski definition) is 1. The number of aromatic nitrogens is 3. The third-order valence-corrected chi connectivity index (χ3v) is 2.91. The lowest BCUT2D eigenvalue weighted by atomic mass is 10.3. The van der Waals surface area contributed by atoms with Crippen LogP contribution in [0.25, 0.3) is 0 Å². The van der Waals surface area contributed by atoms with Gasteiger partial charge in [-0.05, 0) is 11.6 Å². The number of thiazole rings is 1. The maximum absolute atomic E-state index is 10.8. The Morgan fingerprint density at radius 1 is 1.50 bits per heavy atom. The van der Waals surface area contributed by atoms with Gasteiger partial charge >= 0.3 is 5.69 Å². The number of anilines is 1. The molecule has 0 spiro atoms.